The smallest absolute Gasteiger partial charge is 0.142 e. The van der Waals surface area contributed by atoms with Crippen LogP contribution in [0.3, 0.4) is 0 Å². The number of benzene rings is 1. The summed E-state index contributed by atoms with van der Waals surface area (Å²) in [5.74, 6) is 1.40. The summed E-state index contributed by atoms with van der Waals surface area (Å²) >= 11 is 3.39. The number of hydrogen-bond donors (Lipinski definition) is 0. The number of nitrogens with zero attached hydrogens (tertiary/aromatic N) is 1. The molecule has 0 saturated carbocycles. The standard InChI is InChI=1S/C11H8BrNO2/c1-14-8-4-9-7(6-13)2-3-15-11(9)10(12)5-8/h2,4-5H,3H2,1H3. The number of nitriles is 1. The van der Waals surface area contributed by atoms with Gasteiger partial charge in [0.25, 0.3) is 0 Å². The predicted octanol–water partition coefficient (Wildman–Crippen LogP) is 2.76. The van der Waals surface area contributed by atoms with Crippen molar-refractivity contribution in [3.05, 3.63) is 28.2 Å². The summed E-state index contributed by atoms with van der Waals surface area (Å²) in [4.78, 5) is 0. The second kappa shape index (κ2) is 3.95. The monoisotopic (exact) mass is 265 g/mol. The lowest BCUT2D eigenvalue weighted by Gasteiger charge is -2.17. The van der Waals surface area contributed by atoms with Gasteiger partial charge in [-0.2, -0.15) is 5.26 Å². The van der Waals surface area contributed by atoms with E-state index in [-0.39, 0.29) is 0 Å². The molecule has 0 amide bonds. The molecule has 4 heteroatoms. The molecule has 15 heavy (non-hydrogen) atoms. The Bertz CT molecular complexity index is 474. The van der Waals surface area contributed by atoms with Crippen molar-refractivity contribution >= 4 is 21.5 Å². The fraction of sp³-hybridized carbons (Fsp3) is 0.182. The van der Waals surface area contributed by atoms with Crippen LogP contribution < -0.4 is 9.47 Å². The molecule has 1 aromatic rings. The number of ether oxygens (including phenoxy) is 2. The molecule has 0 saturated heterocycles. The van der Waals surface area contributed by atoms with Gasteiger partial charge in [-0.1, -0.05) is 0 Å². The first kappa shape index (κ1) is 10.1. The second-order valence-electron chi connectivity index (χ2n) is 3.03. The summed E-state index contributed by atoms with van der Waals surface area (Å²) in [6, 6.07) is 5.76. The quantitative estimate of drug-likeness (QED) is 0.784. The maximum atomic E-state index is 8.96. The maximum Gasteiger partial charge on any atom is 0.142 e. The van der Waals surface area contributed by atoms with E-state index in [1.54, 1.807) is 19.3 Å². The Morgan fingerprint density at radius 3 is 3.00 bits per heavy atom. The van der Waals surface area contributed by atoms with Gasteiger partial charge in [-0.15, -0.1) is 0 Å². The third-order valence-corrected chi connectivity index (χ3v) is 2.77. The summed E-state index contributed by atoms with van der Waals surface area (Å²) in [5.41, 5.74) is 1.39. The van der Waals surface area contributed by atoms with Crippen LogP contribution in [-0.2, 0) is 0 Å². The molecule has 0 fully saturated rings. The van der Waals surface area contributed by atoms with E-state index in [2.05, 4.69) is 22.0 Å². The number of halogens is 1. The number of hydrogen-bond acceptors (Lipinski definition) is 3. The molecule has 0 radical (unpaired) electrons. The first-order valence-electron chi connectivity index (χ1n) is 4.37. The predicted molar refractivity (Wildman–Crippen MR) is 59.8 cm³/mol. The molecule has 3 nitrogen and oxygen atoms in total. The largest absolute Gasteiger partial charge is 0.497 e. The van der Waals surface area contributed by atoms with Crippen molar-refractivity contribution in [1.29, 1.82) is 5.26 Å². The van der Waals surface area contributed by atoms with Gasteiger partial charge in [-0.25, -0.2) is 0 Å². The average molecular weight is 266 g/mol. The fourth-order valence-electron chi connectivity index (χ4n) is 1.46. The van der Waals surface area contributed by atoms with Gasteiger partial charge in [-0.3, -0.25) is 0 Å². The molecule has 0 atom stereocenters. The van der Waals surface area contributed by atoms with Crippen LogP contribution in [-0.4, -0.2) is 13.7 Å². The Kier molecular flexibility index (Phi) is 2.65. The Balaban J connectivity index is 2.62. The zero-order chi connectivity index (χ0) is 10.8. The lowest BCUT2D eigenvalue weighted by molar-refractivity contribution is 0.353. The minimum atomic E-state index is 0.431. The molecule has 0 unspecified atom stereocenters. The maximum absolute atomic E-state index is 8.96. The van der Waals surface area contributed by atoms with Crippen LogP contribution in [0.4, 0.5) is 0 Å². The van der Waals surface area contributed by atoms with E-state index in [4.69, 9.17) is 14.7 Å². The molecular weight excluding hydrogens is 258 g/mol. The van der Waals surface area contributed by atoms with Crippen LogP contribution in [0.5, 0.6) is 11.5 Å². The fourth-order valence-corrected chi connectivity index (χ4v) is 2.01. The van der Waals surface area contributed by atoms with E-state index in [1.807, 2.05) is 6.07 Å². The van der Waals surface area contributed by atoms with Crippen molar-refractivity contribution in [2.24, 2.45) is 0 Å². The van der Waals surface area contributed by atoms with Crippen molar-refractivity contribution < 1.29 is 9.47 Å². The molecule has 0 bridgehead atoms. The zero-order valence-electron chi connectivity index (χ0n) is 8.08. The zero-order valence-corrected chi connectivity index (χ0v) is 9.67. The molecule has 0 aromatic heterocycles. The minimum absolute atomic E-state index is 0.431. The Morgan fingerprint density at radius 2 is 2.33 bits per heavy atom. The molecule has 0 aliphatic carbocycles. The van der Waals surface area contributed by atoms with Crippen molar-refractivity contribution in [2.75, 3.05) is 13.7 Å². The summed E-state index contributed by atoms with van der Waals surface area (Å²) in [6.07, 6.45) is 1.76. The Labute approximate surface area is 96.0 Å². The molecule has 1 aliphatic rings. The molecule has 0 spiro atoms. The third-order valence-electron chi connectivity index (χ3n) is 2.18. The third kappa shape index (κ3) is 1.71. The average Bonchev–Trinajstić information content (AvgIpc) is 2.28. The van der Waals surface area contributed by atoms with E-state index in [9.17, 15) is 0 Å². The van der Waals surface area contributed by atoms with E-state index < -0.39 is 0 Å². The number of fused-ring (bicyclic) bond motifs is 1. The highest BCUT2D eigenvalue weighted by Crippen LogP contribution is 2.39. The van der Waals surface area contributed by atoms with Gasteiger partial charge in [0.1, 0.15) is 18.1 Å². The van der Waals surface area contributed by atoms with Crippen molar-refractivity contribution in [3.8, 4) is 17.6 Å². The summed E-state index contributed by atoms with van der Waals surface area (Å²) in [6.45, 7) is 0.431. The van der Waals surface area contributed by atoms with Crippen LogP contribution in [0.15, 0.2) is 22.7 Å². The van der Waals surface area contributed by atoms with Crippen LogP contribution in [0, 0.1) is 11.3 Å². The molecule has 1 heterocycles. The van der Waals surface area contributed by atoms with Gasteiger partial charge in [0.15, 0.2) is 0 Å². The van der Waals surface area contributed by atoms with Gasteiger partial charge >= 0.3 is 0 Å². The second-order valence-corrected chi connectivity index (χ2v) is 3.88. The van der Waals surface area contributed by atoms with E-state index in [0.29, 0.717) is 23.7 Å². The van der Waals surface area contributed by atoms with Crippen LogP contribution in [0.2, 0.25) is 0 Å². The van der Waals surface area contributed by atoms with Gasteiger partial charge in [0.2, 0.25) is 0 Å². The normalized spacial score (nSPS) is 13.3. The van der Waals surface area contributed by atoms with Gasteiger partial charge in [-0.05, 0) is 34.1 Å². The van der Waals surface area contributed by atoms with Crippen LogP contribution >= 0.6 is 15.9 Å². The summed E-state index contributed by atoms with van der Waals surface area (Å²) in [5, 5.41) is 8.96. The first-order chi connectivity index (χ1) is 7.26. The molecular formula is C11H8BrNO2. The highest BCUT2D eigenvalue weighted by Gasteiger charge is 2.17. The highest BCUT2D eigenvalue weighted by atomic mass is 79.9. The van der Waals surface area contributed by atoms with E-state index in [0.717, 1.165) is 10.0 Å². The molecule has 1 aromatic carbocycles. The lowest BCUT2D eigenvalue weighted by atomic mass is 10.0. The molecule has 1 aliphatic heterocycles. The summed E-state index contributed by atoms with van der Waals surface area (Å²) in [7, 11) is 1.59. The number of allylic oxidation sites excluding steroid dienone is 1. The Morgan fingerprint density at radius 1 is 1.53 bits per heavy atom. The van der Waals surface area contributed by atoms with Crippen LogP contribution in [0.1, 0.15) is 5.56 Å². The van der Waals surface area contributed by atoms with Gasteiger partial charge < -0.3 is 9.47 Å². The number of methoxy groups -OCH3 is 1. The highest BCUT2D eigenvalue weighted by molar-refractivity contribution is 9.10. The van der Waals surface area contributed by atoms with E-state index in [1.165, 1.54) is 0 Å². The SMILES string of the molecule is COc1cc(Br)c2c(c1)C(C#N)=CCO2. The summed E-state index contributed by atoms with van der Waals surface area (Å²) < 4.78 is 11.4. The van der Waals surface area contributed by atoms with Gasteiger partial charge in [0.05, 0.1) is 23.2 Å². The Hall–Kier alpha value is -1.47. The molecule has 76 valence electrons. The minimum Gasteiger partial charge on any atom is -0.497 e. The van der Waals surface area contributed by atoms with Crippen molar-refractivity contribution in [1.82, 2.24) is 0 Å². The van der Waals surface area contributed by atoms with Crippen LogP contribution in [0.25, 0.3) is 5.57 Å². The van der Waals surface area contributed by atoms with Crippen molar-refractivity contribution in [3.63, 3.8) is 0 Å². The molecule has 0 N–H and O–H groups in total. The topological polar surface area (TPSA) is 42.2 Å². The first-order valence-corrected chi connectivity index (χ1v) is 5.16. The van der Waals surface area contributed by atoms with E-state index >= 15 is 0 Å². The van der Waals surface area contributed by atoms with Crippen molar-refractivity contribution in [2.45, 2.75) is 0 Å². The van der Waals surface area contributed by atoms with Gasteiger partial charge in [0, 0.05) is 5.56 Å². The lowest BCUT2D eigenvalue weighted by Crippen LogP contribution is -2.05. The molecule has 2 rings (SSSR count). The number of rotatable bonds is 1.